The number of benzene rings is 2. The maximum atomic E-state index is 13.1. The Hall–Kier alpha value is -3.12. The highest BCUT2D eigenvalue weighted by Crippen LogP contribution is 2.40. The Kier molecular flexibility index (Phi) is 6.07. The van der Waals surface area contributed by atoms with Crippen molar-refractivity contribution in [1.29, 1.82) is 0 Å². The fourth-order valence-corrected chi connectivity index (χ4v) is 4.43. The van der Waals surface area contributed by atoms with E-state index in [1.165, 1.54) is 5.56 Å². The van der Waals surface area contributed by atoms with E-state index in [1.807, 2.05) is 62.3 Å². The Labute approximate surface area is 189 Å². The summed E-state index contributed by atoms with van der Waals surface area (Å²) >= 11 is 0. The van der Waals surface area contributed by atoms with Crippen molar-refractivity contribution < 1.29 is 19.4 Å². The predicted molar refractivity (Wildman–Crippen MR) is 124 cm³/mol. The van der Waals surface area contributed by atoms with E-state index in [9.17, 15) is 14.7 Å². The molecule has 4 rings (SSSR count). The van der Waals surface area contributed by atoms with Crippen LogP contribution in [0, 0.1) is 0 Å². The van der Waals surface area contributed by atoms with E-state index in [1.54, 1.807) is 11.0 Å². The minimum Gasteiger partial charge on any atom is -0.507 e. The highest BCUT2D eigenvalue weighted by Gasteiger charge is 2.46. The van der Waals surface area contributed by atoms with Crippen LogP contribution in [0.25, 0.3) is 5.76 Å². The van der Waals surface area contributed by atoms with E-state index >= 15 is 0 Å². The second-order valence-corrected chi connectivity index (χ2v) is 8.85. The molecular formula is C26H30N2O4. The number of aliphatic hydroxyl groups is 1. The highest BCUT2D eigenvalue weighted by molar-refractivity contribution is 6.46. The van der Waals surface area contributed by atoms with Crippen LogP contribution in [0.2, 0.25) is 0 Å². The van der Waals surface area contributed by atoms with Gasteiger partial charge in [0.25, 0.3) is 11.7 Å². The van der Waals surface area contributed by atoms with Crippen molar-refractivity contribution in [2.24, 2.45) is 0 Å². The van der Waals surface area contributed by atoms with Gasteiger partial charge in [0.15, 0.2) is 0 Å². The molecule has 0 spiro atoms. The molecule has 0 radical (unpaired) electrons. The van der Waals surface area contributed by atoms with Crippen molar-refractivity contribution in [2.75, 3.05) is 27.2 Å². The Morgan fingerprint density at radius 3 is 2.53 bits per heavy atom. The van der Waals surface area contributed by atoms with Crippen molar-refractivity contribution in [3.63, 3.8) is 0 Å². The molecule has 2 atom stereocenters. The van der Waals surface area contributed by atoms with Gasteiger partial charge in [0.05, 0.1) is 11.6 Å². The number of rotatable bonds is 6. The number of hydrogen-bond donors (Lipinski definition) is 1. The van der Waals surface area contributed by atoms with E-state index in [2.05, 4.69) is 6.92 Å². The first-order valence-electron chi connectivity index (χ1n) is 11.1. The molecule has 0 aliphatic carbocycles. The van der Waals surface area contributed by atoms with Gasteiger partial charge < -0.3 is 19.6 Å². The van der Waals surface area contributed by atoms with Crippen LogP contribution < -0.4 is 4.74 Å². The molecule has 2 aromatic rings. The number of nitrogens with zero attached hydrogens (tertiary/aromatic N) is 2. The lowest BCUT2D eigenvalue weighted by Gasteiger charge is -2.26. The lowest BCUT2D eigenvalue weighted by atomic mass is 9.93. The number of carbonyl (C=O) groups excluding carboxylic acids is 2. The molecule has 32 heavy (non-hydrogen) atoms. The summed E-state index contributed by atoms with van der Waals surface area (Å²) in [5.41, 5.74) is 3.66. The Balaban J connectivity index is 1.80. The third-order valence-corrected chi connectivity index (χ3v) is 6.20. The summed E-state index contributed by atoms with van der Waals surface area (Å²) in [5.74, 6) is -0.554. The van der Waals surface area contributed by atoms with E-state index in [4.69, 9.17) is 4.74 Å². The van der Waals surface area contributed by atoms with Crippen LogP contribution in [0.15, 0.2) is 48.0 Å². The maximum Gasteiger partial charge on any atom is 0.295 e. The fourth-order valence-electron chi connectivity index (χ4n) is 4.43. The van der Waals surface area contributed by atoms with Gasteiger partial charge in [-0.25, -0.2) is 0 Å². The number of hydrogen-bond acceptors (Lipinski definition) is 5. The molecule has 1 N–H and O–H groups in total. The molecule has 0 bridgehead atoms. The normalized spacial score (nSPS) is 21.8. The minimum atomic E-state index is -0.643. The minimum absolute atomic E-state index is 0.0797. The first-order chi connectivity index (χ1) is 15.3. The third kappa shape index (κ3) is 4.02. The average molecular weight is 435 g/mol. The molecule has 0 aromatic heterocycles. The van der Waals surface area contributed by atoms with Gasteiger partial charge in [0, 0.05) is 25.1 Å². The average Bonchev–Trinajstić information content (AvgIpc) is 3.27. The molecule has 2 aliphatic rings. The van der Waals surface area contributed by atoms with Gasteiger partial charge >= 0.3 is 0 Å². The molecule has 2 aliphatic heterocycles. The van der Waals surface area contributed by atoms with Gasteiger partial charge in [-0.15, -0.1) is 0 Å². The number of fused-ring (bicyclic) bond motifs is 1. The number of likely N-dealkylation sites (N-methyl/N-ethyl adjacent to an activating group) is 1. The van der Waals surface area contributed by atoms with Crippen molar-refractivity contribution in [3.8, 4) is 5.75 Å². The Bertz CT molecular complexity index is 1070. The van der Waals surface area contributed by atoms with Gasteiger partial charge in [-0.3, -0.25) is 9.59 Å². The predicted octanol–water partition coefficient (Wildman–Crippen LogP) is 3.56. The number of amides is 1. The van der Waals surface area contributed by atoms with Gasteiger partial charge in [-0.05, 0) is 62.3 Å². The number of Topliss-reactive ketones (excluding diaryl/α,β-unsaturated/α-hetero) is 1. The molecule has 2 unspecified atom stereocenters. The van der Waals surface area contributed by atoms with Crippen molar-refractivity contribution in [2.45, 2.75) is 38.8 Å². The maximum absolute atomic E-state index is 13.1. The molecule has 168 valence electrons. The molecule has 1 amide bonds. The lowest BCUT2D eigenvalue weighted by molar-refractivity contribution is -0.140. The summed E-state index contributed by atoms with van der Waals surface area (Å²) in [5, 5.41) is 11.3. The molecule has 1 saturated heterocycles. The van der Waals surface area contributed by atoms with Gasteiger partial charge in [0.1, 0.15) is 17.6 Å². The first-order valence-corrected chi connectivity index (χ1v) is 11.1. The van der Waals surface area contributed by atoms with Gasteiger partial charge in [0.2, 0.25) is 0 Å². The third-order valence-electron chi connectivity index (χ3n) is 6.20. The quantitative estimate of drug-likeness (QED) is 0.428. The summed E-state index contributed by atoms with van der Waals surface area (Å²) in [6.07, 6.45) is 1.72. The van der Waals surface area contributed by atoms with Crippen LogP contribution in [0.5, 0.6) is 5.75 Å². The van der Waals surface area contributed by atoms with E-state index in [0.29, 0.717) is 18.7 Å². The number of likely N-dealkylation sites (tertiary alicyclic amines) is 1. The zero-order chi connectivity index (χ0) is 23.0. The summed E-state index contributed by atoms with van der Waals surface area (Å²) < 4.78 is 5.76. The smallest absolute Gasteiger partial charge is 0.295 e. The first kappa shape index (κ1) is 22.1. The number of ether oxygens (including phenoxy) is 1. The summed E-state index contributed by atoms with van der Waals surface area (Å²) in [7, 11) is 3.85. The summed E-state index contributed by atoms with van der Waals surface area (Å²) in [6, 6.07) is 12.7. The van der Waals surface area contributed by atoms with E-state index in [-0.39, 0.29) is 17.4 Å². The molecule has 0 saturated carbocycles. The van der Waals surface area contributed by atoms with Crippen molar-refractivity contribution >= 4 is 17.4 Å². The molecule has 2 heterocycles. The van der Waals surface area contributed by atoms with Crippen LogP contribution in [0.1, 0.15) is 42.1 Å². The number of ketones is 1. The van der Waals surface area contributed by atoms with Crippen LogP contribution in [-0.4, -0.2) is 59.9 Å². The highest BCUT2D eigenvalue weighted by atomic mass is 16.5. The Morgan fingerprint density at radius 2 is 1.88 bits per heavy atom. The lowest BCUT2D eigenvalue weighted by Crippen LogP contribution is -2.35. The molecule has 2 aromatic carbocycles. The van der Waals surface area contributed by atoms with Gasteiger partial charge in [-0.1, -0.05) is 31.2 Å². The Morgan fingerprint density at radius 1 is 1.16 bits per heavy atom. The van der Waals surface area contributed by atoms with Crippen molar-refractivity contribution in [1.82, 2.24) is 9.80 Å². The molecule has 6 nitrogen and oxygen atoms in total. The molecule has 1 fully saturated rings. The molecule has 6 heteroatoms. The number of aliphatic hydroxyl groups excluding tert-OH is 1. The fraction of sp³-hybridized carbons (Fsp3) is 0.385. The SMILES string of the molecule is CCc1ccc(C2C(=C(O)c3ccc4c(c3)CC(C)O4)C(=O)C(=O)N2CCN(C)C)cc1. The van der Waals surface area contributed by atoms with Gasteiger partial charge in [-0.2, -0.15) is 0 Å². The van der Waals surface area contributed by atoms with Crippen LogP contribution in [0.4, 0.5) is 0 Å². The van der Waals surface area contributed by atoms with Crippen molar-refractivity contribution in [3.05, 3.63) is 70.3 Å². The standard InChI is InChI=1S/C26H30N2O4/c1-5-17-6-8-18(9-7-17)23-22(25(30)26(31)28(23)13-12-27(3)4)24(29)19-10-11-21-20(15-19)14-16(2)32-21/h6-11,15-16,23,29H,5,12-14H2,1-4H3. The zero-order valence-electron chi connectivity index (χ0n) is 19.1. The number of aryl methyl sites for hydroxylation is 1. The van der Waals surface area contributed by atoms with Crippen LogP contribution >= 0.6 is 0 Å². The number of carbonyl (C=O) groups is 2. The summed E-state index contributed by atoms with van der Waals surface area (Å²) in [6.45, 7) is 5.08. The molecular weight excluding hydrogens is 404 g/mol. The van der Waals surface area contributed by atoms with E-state index < -0.39 is 17.7 Å². The second kappa shape index (κ2) is 8.79. The summed E-state index contributed by atoms with van der Waals surface area (Å²) in [4.78, 5) is 29.7. The van der Waals surface area contributed by atoms with Crippen LogP contribution in [-0.2, 0) is 22.4 Å². The largest absolute Gasteiger partial charge is 0.507 e. The topological polar surface area (TPSA) is 70.1 Å². The zero-order valence-corrected chi connectivity index (χ0v) is 19.1. The monoisotopic (exact) mass is 434 g/mol. The van der Waals surface area contributed by atoms with Crippen LogP contribution in [0.3, 0.4) is 0 Å². The van der Waals surface area contributed by atoms with E-state index in [0.717, 1.165) is 29.7 Å². The second-order valence-electron chi connectivity index (χ2n) is 8.85.